The van der Waals surface area contributed by atoms with Crippen LogP contribution >= 0.6 is 0 Å². The van der Waals surface area contributed by atoms with Gasteiger partial charge in [-0.15, -0.1) is 0 Å². The van der Waals surface area contributed by atoms with Gasteiger partial charge in [0.05, 0.1) is 7.05 Å². The number of benzene rings is 1. The zero-order valence-corrected chi connectivity index (χ0v) is 14.3. The molecule has 0 spiro atoms. The van der Waals surface area contributed by atoms with Gasteiger partial charge in [0.15, 0.2) is 12.3 Å². The van der Waals surface area contributed by atoms with E-state index in [2.05, 4.69) is 10.6 Å². The predicted molar refractivity (Wildman–Crippen MR) is 92.0 cm³/mol. The Kier molecular flexibility index (Phi) is 6.14. The fraction of sp³-hybridized carbons (Fsp3) is 0.333. The highest BCUT2D eigenvalue weighted by molar-refractivity contribution is 5.97. The van der Waals surface area contributed by atoms with E-state index >= 15 is 0 Å². The van der Waals surface area contributed by atoms with E-state index in [0.29, 0.717) is 30.9 Å². The van der Waals surface area contributed by atoms with Gasteiger partial charge in [-0.05, 0) is 44.2 Å². The number of rotatable bonds is 7. The summed E-state index contributed by atoms with van der Waals surface area (Å²) in [5.74, 6) is 1.47. The van der Waals surface area contributed by atoms with Crippen LogP contribution in [0.15, 0.2) is 40.8 Å². The van der Waals surface area contributed by atoms with E-state index in [1.807, 2.05) is 33.0 Å². The molecule has 0 aliphatic rings. The quantitative estimate of drug-likeness (QED) is 0.709. The van der Waals surface area contributed by atoms with E-state index < -0.39 is 0 Å². The summed E-state index contributed by atoms with van der Waals surface area (Å²) in [6, 6.07) is 10.8. The standard InChI is InChI=1S/C18H23N3O3/c1-4-19-18(23)14-6-5-7-15(10-14)20-17(22)12-21(3)11-16-9-8-13(2)24-16/h5-10H,4,11-12H2,1-3H3,(H,19,23)(H,20,22)/p+1. The zero-order chi connectivity index (χ0) is 17.5. The summed E-state index contributed by atoms with van der Waals surface area (Å²) in [5.41, 5.74) is 1.15. The van der Waals surface area contributed by atoms with Crippen molar-refractivity contribution in [3.63, 3.8) is 0 Å². The number of quaternary nitrogens is 1. The van der Waals surface area contributed by atoms with Crippen molar-refractivity contribution in [1.82, 2.24) is 5.32 Å². The fourth-order valence-corrected chi connectivity index (χ4v) is 2.42. The minimum absolute atomic E-state index is 0.108. The van der Waals surface area contributed by atoms with E-state index in [9.17, 15) is 9.59 Å². The number of hydrogen-bond donors (Lipinski definition) is 3. The molecule has 128 valence electrons. The minimum atomic E-state index is -0.149. The Morgan fingerprint density at radius 3 is 2.67 bits per heavy atom. The van der Waals surface area contributed by atoms with Gasteiger partial charge in [-0.3, -0.25) is 9.59 Å². The Hall–Kier alpha value is -2.60. The maximum atomic E-state index is 12.2. The number of furan rings is 1. The van der Waals surface area contributed by atoms with Crippen molar-refractivity contribution in [3.05, 3.63) is 53.5 Å². The number of aryl methyl sites for hydroxylation is 1. The van der Waals surface area contributed by atoms with E-state index in [1.54, 1.807) is 24.3 Å². The van der Waals surface area contributed by atoms with Gasteiger partial charge in [0.1, 0.15) is 12.3 Å². The Labute approximate surface area is 141 Å². The maximum absolute atomic E-state index is 12.2. The molecule has 0 radical (unpaired) electrons. The van der Waals surface area contributed by atoms with Crippen LogP contribution in [0.4, 0.5) is 5.69 Å². The highest BCUT2D eigenvalue weighted by Gasteiger charge is 2.13. The van der Waals surface area contributed by atoms with Crippen LogP contribution in [-0.4, -0.2) is 32.0 Å². The highest BCUT2D eigenvalue weighted by Crippen LogP contribution is 2.10. The van der Waals surface area contributed by atoms with Crippen LogP contribution in [0, 0.1) is 6.92 Å². The summed E-state index contributed by atoms with van der Waals surface area (Å²) < 4.78 is 5.52. The van der Waals surface area contributed by atoms with Crippen molar-refractivity contribution in [2.75, 3.05) is 25.5 Å². The Bertz CT molecular complexity index is 709. The molecule has 2 rings (SSSR count). The molecule has 1 unspecified atom stereocenters. The van der Waals surface area contributed by atoms with Crippen molar-refractivity contribution in [1.29, 1.82) is 0 Å². The van der Waals surface area contributed by atoms with E-state index in [4.69, 9.17) is 4.42 Å². The lowest BCUT2D eigenvalue weighted by atomic mass is 10.2. The molecule has 1 aromatic carbocycles. The van der Waals surface area contributed by atoms with Crippen LogP contribution < -0.4 is 15.5 Å². The third kappa shape index (κ3) is 5.24. The van der Waals surface area contributed by atoms with Crippen LogP contribution in [0.25, 0.3) is 0 Å². The summed E-state index contributed by atoms with van der Waals surface area (Å²) in [4.78, 5) is 25.0. The molecule has 3 N–H and O–H groups in total. The Balaban J connectivity index is 1.89. The van der Waals surface area contributed by atoms with Crippen LogP contribution in [0.1, 0.15) is 28.8 Å². The molecule has 0 bridgehead atoms. The second-order valence-electron chi connectivity index (χ2n) is 5.81. The first-order valence-corrected chi connectivity index (χ1v) is 8.02. The Morgan fingerprint density at radius 2 is 2.00 bits per heavy atom. The average Bonchev–Trinajstić information content (AvgIpc) is 2.92. The monoisotopic (exact) mass is 330 g/mol. The molecule has 0 saturated carbocycles. The lowest BCUT2D eigenvalue weighted by Crippen LogP contribution is -3.08. The number of nitrogens with one attached hydrogen (secondary N) is 3. The molecule has 1 aromatic heterocycles. The first kappa shape index (κ1) is 17.7. The lowest BCUT2D eigenvalue weighted by molar-refractivity contribution is -0.886. The molecule has 0 aliphatic carbocycles. The van der Waals surface area contributed by atoms with Gasteiger partial charge in [-0.1, -0.05) is 6.07 Å². The molecule has 0 fully saturated rings. The number of anilines is 1. The van der Waals surface area contributed by atoms with Crippen LogP contribution in [0.2, 0.25) is 0 Å². The van der Waals surface area contributed by atoms with Crippen molar-refractivity contribution < 1.29 is 18.9 Å². The van der Waals surface area contributed by atoms with Crippen LogP contribution in [0.3, 0.4) is 0 Å². The molecular formula is C18H24N3O3+. The van der Waals surface area contributed by atoms with Gasteiger partial charge < -0.3 is 20.0 Å². The highest BCUT2D eigenvalue weighted by atomic mass is 16.3. The maximum Gasteiger partial charge on any atom is 0.279 e. The number of carbonyl (C=O) groups excluding carboxylic acids is 2. The van der Waals surface area contributed by atoms with Gasteiger partial charge in [-0.2, -0.15) is 0 Å². The largest absolute Gasteiger partial charge is 0.460 e. The summed E-state index contributed by atoms with van der Waals surface area (Å²) in [5, 5.41) is 5.57. The number of carbonyl (C=O) groups is 2. The first-order chi connectivity index (χ1) is 11.5. The molecule has 2 aromatic rings. The second kappa shape index (κ2) is 8.31. The van der Waals surface area contributed by atoms with Gasteiger partial charge in [0.25, 0.3) is 11.8 Å². The molecular weight excluding hydrogens is 306 g/mol. The third-order valence-corrected chi connectivity index (χ3v) is 3.48. The van der Waals surface area contributed by atoms with E-state index in [0.717, 1.165) is 16.4 Å². The Morgan fingerprint density at radius 1 is 1.21 bits per heavy atom. The van der Waals surface area contributed by atoms with Gasteiger partial charge >= 0.3 is 0 Å². The van der Waals surface area contributed by atoms with Gasteiger partial charge in [0, 0.05) is 17.8 Å². The van der Waals surface area contributed by atoms with Crippen molar-refractivity contribution in [2.24, 2.45) is 0 Å². The van der Waals surface area contributed by atoms with Crippen molar-refractivity contribution in [3.8, 4) is 0 Å². The van der Waals surface area contributed by atoms with Crippen molar-refractivity contribution in [2.45, 2.75) is 20.4 Å². The first-order valence-electron chi connectivity index (χ1n) is 8.02. The zero-order valence-electron chi connectivity index (χ0n) is 14.3. The second-order valence-corrected chi connectivity index (χ2v) is 5.81. The SMILES string of the molecule is CCNC(=O)c1cccc(NC(=O)C[NH+](C)Cc2ccc(C)o2)c1. The molecule has 1 heterocycles. The molecule has 6 heteroatoms. The van der Waals surface area contributed by atoms with Gasteiger partial charge in [0.2, 0.25) is 0 Å². The fourth-order valence-electron chi connectivity index (χ4n) is 2.42. The molecule has 6 nitrogen and oxygen atoms in total. The number of likely N-dealkylation sites (N-methyl/N-ethyl adjacent to an activating group) is 1. The number of amides is 2. The third-order valence-electron chi connectivity index (χ3n) is 3.48. The van der Waals surface area contributed by atoms with E-state index in [1.165, 1.54) is 0 Å². The van der Waals surface area contributed by atoms with Crippen molar-refractivity contribution >= 4 is 17.5 Å². The predicted octanol–water partition coefficient (Wildman–Crippen LogP) is 0.991. The molecule has 0 aliphatic heterocycles. The summed E-state index contributed by atoms with van der Waals surface area (Å²) in [6.07, 6.45) is 0. The van der Waals surface area contributed by atoms with E-state index in [-0.39, 0.29) is 11.8 Å². The van der Waals surface area contributed by atoms with Crippen LogP contribution in [-0.2, 0) is 11.3 Å². The van der Waals surface area contributed by atoms with Crippen LogP contribution in [0.5, 0.6) is 0 Å². The molecule has 2 amide bonds. The summed E-state index contributed by atoms with van der Waals surface area (Å²) in [6.45, 7) is 5.27. The summed E-state index contributed by atoms with van der Waals surface area (Å²) in [7, 11) is 1.93. The smallest absolute Gasteiger partial charge is 0.279 e. The van der Waals surface area contributed by atoms with Gasteiger partial charge in [-0.25, -0.2) is 0 Å². The molecule has 24 heavy (non-hydrogen) atoms. The molecule has 0 saturated heterocycles. The lowest BCUT2D eigenvalue weighted by Gasteiger charge is -2.13. The minimum Gasteiger partial charge on any atom is -0.460 e. The average molecular weight is 330 g/mol. The number of hydrogen-bond acceptors (Lipinski definition) is 3. The normalized spacial score (nSPS) is 11.8. The topological polar surface area (TPSA) is 75.8 Å². The summed E-state index contributed by atoms with van der Waals surface area (Å²) >= 11 is 0. The molecule has 1 atom stereocenters.